The molecule has 0 radical (unpaired) electrons. The number of rotatable bonds is 3. The number of carbonyl (C=O) groups excluding carboxylic acids is 2. The van der Waals surface area contributed by atoms with Crippen molar-refractivity contribution in [1.29, 1.82) is 0 Å². The number of thioether (sulfide) groups is 1. The molecule has 16 heavy (non-hydrogen) atoms. The molecular weight excluding hydrogens is 250 g/mol. The van der Waals surface area contributed by atoms with Crippen molar-refractivity contribution in [2.45, 2.75) is 11.1 Å². The smallest absolute Gasteiger partial charge is 0.413 e. The quantitative estimate of drug-likeness (QED) is 0.788. The fraction of sp³-hybridized carbons (Fsp3) is 0.375. The summed E-state index contributed by atoms with van der Waals surface area (Å²) in [5.41, 5.74) is 6.30. The highest BCUT2D eigenvalue weighted by atomic mass is 32.2. The van der Waals surface area contributed by atoms with Gasteiger partial charge in [-0.25, -0.2) is 9.78 Å². The van der Waals surface area contributed by atoms with Gasteiger partial charge in [-0.3, -0.25) is 10.1 Å². The van der Waals surface area contributed by atoms with Crippen LogP contribution < -0.4 is 11.1 Å². The molecule has 2 amide bonds. The lowest BCUT2D eigenvalue weighted by Gasteiger charge is -2.01. The van der Waals surface area contributed by atoms with Crippen LogP contribution in [0.3, 0.4) is 0 Å². The number of carbonyl (C=O) groups is 2. The van der Waals surface area contributed by atoms with Crippen LogP contribution in [0.25, 0.3) is 0 Å². The number of hydrogen-bond donors (Lipinski definition) is 2. The Morgan fingerprint density at radius 2 is 2.31 bits per heavy atom. The molecule has 0 aromatic carbocycles. The molecule has 0 spiro atoms. The topological polar surface area (TPSA) is 94.3 Å². The molecule has 0 saturated carbocycles. The Labute approximate surface area is 101 Å². The van der Waals surface area contributed by atoms with Gasteiger partial charge in [0.2, 0.25) is 5.91 Å². The Morgan fingerprint density at radius 3 is 2.81 bits per heavy atom. The minimum absolute atomic E-state index is 0.123. The zero-order valence-electron chi connectivity index (χ0n) is 8.77. The summed E-state index contributed by atoms with van der Waals surface area (Å²) in [5.74, 6) is -0.291. The maximum atomic E-state index is 11.2. The summed E-state index contributed by atoms with van der Waals surface area (Å²) in [4.78, 5) is 26.0. The SMILES string of the molecule is COC(=O)NC(=O)CSc1sc(N)nc1C. The lowest BCUT2D eigenvalue weighted by Crippen LogP contribution is -2.31. The van der Waals surface area contributed by atoms with Crippen LogP contribution in [0.5, 0.6) is 0 Å². The van der Waals surface area contributed by atoms with E-state index in [4.69, 9.17) is 5.73 Å². The summed E-state index contributed by atoms with van der Waals surface area (Å²) < 4.78 is 5.16. The van der Waals surface area contributed by atoms with E-state index in [1.165, 1.54) is 30.2 Å². The van der Waals surface area contributed by atoms with Crippen LogP contribution in [0.4, 0.5) is 9.93 Å². The summed E-state index contributed by atoms with van der Waals surface area (Å²) in [6, 6.07) is 0. The second-order valence-corrected chi connectivity index (χ2v) is 5.03. The molecule has 0 aliphatic rings. The first kappa shape index (κ1) is 12.8. The molecule has 8 heteroatoms. The predicted molar refractivity (Wildman–Crippen MR) is 62.5 cm³/mol. The summed E-state index contributed by atoms with van der Waals surface area (Å²) in [6.45, 7) is 1.81. The van der Waals surface area contributed by atoms with Crippen molar-refractivity contribution < 1.29 is 14.3 Å². The van der Waals surface area contributed by atoms with Crippen LogP contribution in [-0.2, 0) is 9.53 Å². The largest absolute Gasteiger partial charge is 0.453 e. The second kappa shape index (κ2) is 5.71. The lowest BCUT2D eigenvalue weighted by atomic mass is 10.6. The number of amides is 2. The number of nitrogen functional groups attached to an aromatic ring is 1. The van der Waals surface area contributed by atoms with Gasteiger partial charge in [-0.2, -0.15) is 0 Å². The molecule has 0 bridgehead atoms. The normalized spacial score (nSPS) is 9.88. The van der Waals surface area contributed by atoms with E-state index in [1.807, 2.05) is 6.92 Å². The molecular formula is C8H11N3O3S2. The number of alkyl carbamates (subject to hydrolysis) is 1. The third kappa shape index (κ3) is 3.70. The van der Waals surface area contributed by atoms with Crippen LogP contribution in [0.2, 0.25) is 0 Å². The zero-order valence-corrected chi connectivity index (χ0v) is 10.4. The number of hydrogen-bond acceptors (Lipinski definition) is 7. The molecule has 1 aromatic rings. The Hall–Kier alpha value is -1.28. The number of anilines is 1. The van der Waals surface area contributed by atoms with Gasteiger partial charge in [0.1, 0.15) is 0 Å². The van der Waals surface area contributed by atoms with E-state index in [-0.39, 0.29) is 5.75 Å². The molecule has 3 N–H and O–H groups in total. The Balaban J connectivity index is 2.43. The Morgan fingerprint density at radius 1 is 1.62 bits per heavy atom. The molecule has 0 unspecified atom stereocenters. The third-order valence-electron chi connectivity index (χ3n) is 1.53. The predicted octanol–water partition coefficient (Wildman–Crippen LogP) is 1.01. The van der Waals surface area contributed by atoms with Gasteiger partial charge in [-0.15, -0.1) is 11.8 Å². The fourth-order valence-electron chi connectivity index (χ4n) is 0.869. The summed E-state index contributed by atoms with van der Waals surface area (Å²) in [6.07, 6.45) is -0.758. The van der Waals surface area contributed by atoms with Gasteiger partial charge in [0.15, 0.2) is 5.13 Å². The molecule has 0 aliphatic heterocycles. The van der Waals surface area contributed by atoms with E-state index < -0.39 is 12.0 Å². The minimum atomic E-state index is -0.758. The standard InChI is InChI=1S/C8H11N3O3S2/c1-4-6(16-7(9)10-4)15-3-5(12)11-8(13)14-2/h3H2,1-2H3,(H2,9,10)(H,11,12,13). The number of nitrogens with two attached hydrogens (primary N) is 1. The first-order valence-corrected chi connectivity index (χ1v) is 6.06. The van der Waals surface area contributed by atoms with Crippen molar-refractivity contribution in [3.63, 3.8) is 0 Å². The minimum Gasteiger partial charge on any atom is -0.453 e. The number of methoxy groups -OCH3 is 1. The fourth-order valence-corrected chi connectivity index (χ4v) is 2.69. The average Bonchev–Trinajstić information content (AvgIpc) is 2.54. The van der Waals surface area contributed by atoms with Crippen molar-refractivity contribution in [2.24, 2.45) is 0 Å². The van der Waals surface area contributed by atoms with Gasteiger partial charge < -0.3 is 10.5 Å². The highest BCUT2D eigenvalue weighted by molar-refractivity contribution is 8.01. The number of ether oxygens (including phenoxy) is 1. The number of imide groups is 1. The first-order chi connectivity index (χ1) is 7.52. The molecule has 88 valence electrons. The molecule has 6 nitrogen and oxygen atoms in total. The number of aromatic nitrogens is 1. The number of nitrogens with one attached hydrogen (secondary N) is 1. The van der Waals surface area contributed by atoms with E-state index in [9.17, 15) is 9.59 Å². The lowest BCUT2D eigenvalue weighted by molar-refractivity contribution is -0.117. The van der Waals surface area contributed by atoms with Gasteiger partial charge in [-0.1, -0.05) is 11.3 Å². The molecule has 0 fully saturated rings. The van der Waals surface area contributed by atoms with Gasteiger partial charge >= 0.3 is 6.09 Å². The third-order valence-corrected chi connectivity index (χ3v) is 3.88. The van der Waals surface area contributed by atoms with E-state index in [0.717, 1.165) is 9.90 Å². The van der Waals surface area contributed by atoms with Crippen molar-refractivity contribution >= 4 is 40.2 Å². The molecule has 0 aliphatic carbocycles. The van der Waals surface area contributed by atoms with Gasteiger partial charge in [-0.05, 0) is 6.92 Å². The zero-order chi connectivity index (χ0) is 12.1. The number of nitrogens with zero attached hydrogens (tertiary/aromatic N) is 1. The second-order valence-electron chi connectivity index (χ2n) is 2.75. The van der Waals surface area contributed by atoms with Crippen molar-refractivity contribution in [3.8, 4) is 0 Å². The molecule has 1 rings (SSSR count). The van der Waals surface area contributed by atoms with E-state index in [2.05, 4.69) is 15.0 Å². The van der Waals surface area contributed by atoms with Crippen molar-refractivity contribution in [1.82, 2.24) is 10.3 Å². The summed E-state index contributed by atoms with van der Waals surface area (Å²) >= 11 is 2.60. The monoisotopic (exact) mass is 261 g/mol. The molecule has 1 heterocycles. The van der Waals surface area contributed by atoms with Gasteiger partial charge in [0.05, 0.1) is 22.8 Å². The van der Waals surface area contributed by atoms with Crippen molar-refractivity contribution in [2.75, 3.05) is 18.6 Å². The first-order valence-electron chi connectivity index (χ1n) is 4.26. The molecule has 0 atom stereocenters. The maximum absolute atomic E-state index is 11.2. The van der Waals surface area contributed by atoms with Crippen LogP contribution in [-0.4, -0.2) is 29.8 Å². The highest BCUT2D eigenvalue weighted by Crippen LogP contribution is 2.30. The van der Waals surface area contributed by atoms with Crippen LogP contribution in [0, 0.1) is 6.92 Å². The van der Waals surface area contributed by atoms with E-state index in [1.54, 1.807) is 0 Å². The summed E-state index contributed by atoms with van der Waals surface area (Å²) in [7, 11) is 1.20. The average molecular weight is 261 g/mol. The number of aryl methyl sites for hydroxylation is 1. The van der Waals surface area contributed by atoms with E-state index in [0.29, 0.717) is 5.13 Å². The van der Waals surface area contributed by atoms with E-state index >= 15 is 0 Å². The maximum Gasteiger partial charge on any atom is 0.413 e. The van der Waals surface area contributed by atoms with Crippen LogP contribution in [0.15, 0.2) is 4.21 Å². The van der Waals surface area contributed by atoms with Crippen LogP contribution >= 0.6 is 23.1 Å². The molecule has 0 saturated heterocycles. The Bertz CT molecular complexity index is 405. The highest BCUT2D eigenvalue weighted by Gasteiger charge is 2.11. The van der Waals surface area contributed by atoms with Gasteiger partial charge in [0, 0.05) is 0 Å². The number of thiazole rings is 1. The molecule has 1 aromatic heterocycles. The van der Waals surface area contributed by atoms with Crippen LogP contribution in [0.1, 0.15) is 5.69 Å². The summed E-state index contributed by atoms with van der Waals surface area (Å²) in [5, 5.41) is 2.52. The van der Waals surface area contributed by atoms with Crippen molar-refractivity contribution in [3.05, 3.63) is 5.69 Å². The van der Waals surface area contributed by atoms with Gasteiger partial charge in [0.25, 0.3) is 0 Å². The Kier molecular flexibility index (Phi) is 4.56.